The zero-order valence-corrected chi connectivity index (χ0v) is 14.5. The summed E-state index contributed by atoms with van der Waals surface area (Å²) in [6, 6.07) is 1.01. The van der Waals surface area contributed by atoms with Crippen LogP contribution in [0.3, 0.4) is 0 Å². The number of benzene rings is 1. The van der Waals surface area contributed by atoms with Gasteiger partial charge in [-0.25, -0.2) is 17.8 Å². The van der Waals surface area contributed by atoms with Gasteiger partial charge in [0.05, 0.1) is 16.5 Å². The second kappa shape index (κ2) is 6.63. The number of aryl methyl sites for hydroxylation is 1. The Morgan fingerprint density at radius 1 is 1.31 bits per heavy atom. The number of sulfonamides is 1. The number of imidazole rings is 1. The zero-order valence-electron chi connectivity index (χ0n) is 13.7. The molecule has 0 saturated carbocycles. The molecule has 1 aromatic carbocycles. The van der Waals surface area contributed by atoms with Crippen LogP contribution in [0, 0.1) is 5.82 Å². The summed E-state index contributed by atoms with van der Waals surface area (Å²) in [4.78, 5) is 3.54. The molecule has 0 bridgehead atoms. The van der Waals surface area contributed by atoms with Crippen molar-refractivity contribution in [2.24, 2.45) is 7.05 Å². The van der Waals surface area contributed by atoms with E-state index >= 15 is 0 Å². The minimum Gasteiger partial charge on any atom is -0.337 e. The third kappa shape index (κ3) is 3.33. The van der Waals surface area contributed by atoms with Gasteiger partial charge in [0.25, 0.3) is 0 Å². The predicted molar refractivity (Wildman–Crippen MR) is 84.1 cm³/mol. The van der Waals surface area contributed by atoms with E-state index in [9.17, 15) is 26.0 Å². The fourth-order valence-electron chi connectivity index (χ4n) is 2.91. The summed E-state index contributed by atoms with van der Waals surface area (Å²) in [5.74, 6) is -1.06. The van der Waals surface area contributed by atoms with Gasteiger partial charge in [-0.2, -0.15) is 17.5 Å². The smallest absolute Gasteiger partial charge is 0.337 e. The fourth-order valence-corrected chi connectivity index (χ4v) is 4.52. The molecule has 1 unspecified atom stereocenters. The molecular formula is C15H16F4N4O2S. The maximum atomic E-state index is 13.5. The van der Waals surface area contributed by atoms with Crippen LogP contribution in [-0.2, 0) is 23.2 Å². The van der Waals surface area contributed by atoms with Gasteiger partial charge in [0.15, 0.2) is 0 Å². The number of nitrogens with one attached hydrogen (secondary N) is 1. The standard InChI is InChI=1S/C15H16F4N4O2S/c1-22-6-5-21-14(22)13-9-20-4-7-23(13)26(24,25)10-2-3-12(16)11(8-10)15(17,18)19/h2-3,5-6,8,13,20H,4,7,9H2,1H3. The number of aromatic nitrogens is 2. The summed E-state index contributed by atoms with van der Waals surface area (Å²) in [6.45, 7) is 0.656. The van der Waals surface area contributed by atoms with Crippen molar-refractivity contribution in [3.05, 3.63) is 47.8 Å². The first-order valence-corrected chi connectivity index (χ1v) is 9.13. The first kappa shape index (κ1) is 18.8. The van der Waals surface area contributed by atoms with Crippen LogP contribution in [0.1, 0.15) is 17.4 Å². The molecule has 26 heavy (non-hydrogen) atoms. The van der Waals surface area contributed by atoms with Crippen LogP contribution in [0.25, 0.3) is 0 Å². The van der Waals surface area contributed by atoms with Crippen molar-refractivity contribution in [2.45, 2.75) is 17.1 Å². The largest absolute Gasteiger partial charge is 0.419 e. The molecule has 1 aliphatic rings. The molecule has 11 heteroatoms. The lowest BCUT2D eigenvalue weighted by molar-refractivity contribution is -0.140. The van der Waals surface area contributed by atoms with E-state index in [1.54, 1.807) is 17.8 Å². The van der Waals surface area contributed by atoms with Crippen molar-refractivity contribution in [3.8, 4) is 0 Å². The quantitative estimate of drug-likeness (QED) is 0.811. The number of rotatable bonds is 3. The molecule has 1 aromatic heterocycles. The summed E-state index contributed by atoms with van der Waals surface area (Å²) >= 11 is 0. The van der Waals surface area contributed by atoms with Gasteiger partial charge in [-0.3, -0.25) is 0 Å². The number of halogens is 4. The number of alkyl halides is 3. The van der Waals surface area contributed by atoms with Gasteiger partial charge in [0.2, 0.25) is 10.0 Å². The molecular weight excluding hydrogens is 376 g/mol. The Labute approximate surface area is 147 Å². The minimum atomic E-state index is -4.99. The molecule has 3 rings (SSSR count). The lowest BCUT2D eigenvalue weighted by Gasteiger charge is -2.34. The molecule has 1 aliphatic heterocycles. The highest BCUT2D eigenvalue weighted by Crippen LogP contribution is 2.35. The van der Waals surface area contributed by atoms with Crippen LogP contribution in [-0.4, -0.2) is 41.9 Å². The zero-order chi connectivity index (χ0) is 19.1. The second-order valence-electron chi connectivity index (χ2n) is 5.87. The second-order valence-corrected chi connectivity index (χ2v) is 7.76. The molecule has 0 radical (unpaired) electrons. The molecule has 142 valence electrons. The highest BCUT2D eigenvalue weighted by Gasteiger charge is 2.39. The van der Waals surface area contributed by atoms with Crippen LogP contribution < -0.4 is 5.32 Å². The van der Waals surface area contributed by atoms with E-state index in [0.29, 0.717) is 24.5 Å². The number of nitrogens with zero attached hydrogens (tertiary/aromatic N) is 3. The third-order valence-electron chi connectivity index (χ3n) is 4.20. The van der Waals surface area contributed by atoms with Crippen molar-refractivity contribution in [2.75, 3.05) is 19.6 Å². The van der Waals surface area contributed by atoms with Gasteiger partial charge in [0, 0.05) is 39.1 Å². The first-order valence-electron chi connectivity index (χ1n) is 7.69. The van der Waals surface area contributed by atoms with E-state index in [4.69, 9.17) is 0 Å². The highest BCUT2D eigenvalue weighted by molar-refractivity contribution is 7.89. The van der Waals surface area contributed by atoms with Crippen LogP contribution in [0.2, 0.25) is 0 Å². The van der Waals surface area contributed by atoms with E-state index in [2.05, 4.69) is 10.3 Å². The van der Waals surface area contributed by atoms with E-state index in [1.165, 1.54) is 6.20 Å². The molecule has 6 nitrogen and oxygen atoms in total. The molecule has 0 aliphatic carbocycles. The topological polar surface area (TPSA) is 67.2 Å². The number of hydrogen-bond donors (Lipinski definition) is 1. The lowest BCUT2D eigenvalue weighted by atomic mass is 10.2. The fraction of sp³-hybridized carbons (Fsp3) is 0.400. The molecule has 1 saturated heterocycles. The van der Waals surface area contributed by atoms with Gasteiger partial charge in [-0.1, -0.05) is 0 Å². The van der Waals surface area contributed by atoms with E-state index < -0.39 is 38.5 Å². The van der Waals surface area contributed by atoms with Crippen molar-refractivity contribution in [3.63, 3.8) is 0 Å². The van der Waals surface area contributed by atoms with E-state index in [0.717, 1.165) is 10.4 Å². The Morgan fingerprint density at radius 3 is 2.65 bits per heavy atom. The van der Waals surface area contributed by atoms with Crippen molar-refractivity contribution < 1.29 is 26.0 Å². The summed E-state index contributed by atoms with van der Waals surface area (Å²) in [5.41, 5.74) is -1.61. The monoisotopic (exact) mass is 392 g/mol. The third-order valence-corrected chi connectivity index (χ3v) is 6.10. The van der Waals surface area contributed by atoms with Gasteiger partial charge in [-0.15, -0.1) is 0 Å². The van der Waals surface area contributed by atoms with Gasteiger partial charge in [-0.05, 0) is 18.2 Å². The molecule has 1 atom stereocenters. The molecule has 0 amide bonds. The average Bonchev–Trinajstić information content (AvgIpc) is 3.00. The summed E-state index contributed by atoms with van der Waals surface area (Å²) < 4.78 is 81.0. The van der Waals surface area contributed by atoms with Crippen molar-refractivity contribution in [1.29, 1.82) is 0 Å². The maximum absolute atomic E-state index is 13.5. The van der Waals surface area contributed by atoms with Gasteiger partial charge < -0.3 is 9.88 Å². The molecule has 2 aromatic rings. The Bertz CT molecular complexity index is 911. The summed E-state index contributed by atoms with van der Waals surface area (Å²) in [6.07, 6.45) is -1.83. The number of hydrogen-bond acceptors (Lipinski definition) is 4. The Morgan fingerprint density at radius 2 is 2.04 bits per heavy atom. The Kier molecular flexibility index (Phi) is 4.80. The van der Waals surface area contributed by atoms with E-state index in [-0.39, 0.29) is 13.1 Å². The molecule has 0 spiro atoms. The Balaban J connectivity index is 2.05. The molecule has 2 heterocycles. The van der Waals surface area contributed by atoms with Gasteiger partial charge >= 0.3 is 6.18 Å². The summed E-state index contributed by atoms with van der Waals surface area (Å²) in [5, 5.41) is 3.05. The van der Waals surface area contributed by atoms with Crippen molar-refractivity contribution >= 4 is 10.0 Å². The average molecular weight is 392 g/mol. The minimum absolute atomic E-state index is 0.0542. The van der Waals surface area contributed by atoms with Crippen LogP contribution in [0.5, 0.6) is 0 Å². The summed E-state index contributed by atoms with van der Waals surface area (Å²) in [7, 11) is -2.58. The maximum Gasteiger partial charge on any atom is 0.419 e. The van der Waals surface area contributed by atoms with E-state index in [1.807, 2.05) is 0 Å². The van der Waals surface area contributed by atoms with Gasteiger partial charge in [0.1, 0.15) is 11.6 Å². The number of piperazine rings is 1. The highest BCUT2D eigenvalue weighted by atomic mass is 32.2. The van der Waals surface area contributed by atoms with Crippen LogP contribution >= 0.6 is 0 Å². The first-order chi connectivity index (χ1) is 12.1. The van der Waals surface area contributed by atoms with Crippen molar-refractivity contribution in [1.82, 2.24) is 19.2 Å². The molecule has 1 N–H and O–H groups in total. The Hall–Kier alpha value is -1.98. The predicted octanol–water partition coefficient (Wildman–Crippen LogP) is 1.91. The normalized spacial score (nSPS) is 19.7. The van der Waals surface area contributed by atoms with Crippen LogP contribution in [0.4, 0.5) is 17.6 Å². The van der Waals surface area contributed by atoms with Crippen LogP contribution in [0.15, 0.2) is 35.5 Å². The lowest BCUT2D eigenvalue weighted by Crippen LogP contribution is -2.49. The SMILES string of the molecule is Cn1ccnc1C1CNCCN1S(=O)(=O)c1ccc(F)c(C(F)(F)F)c1. The molecule has 1 fully saturated rings.